The second-order valence-electron chi connectivity index (χ2n) is 3.31. The molecular weight excluding hydrogens is 222 g/mol. The van der Waals surface area contributed by atoms with Gasteiger partial charge in [0.15, 0.2) is 0 Å². The molecule has 1 aromatic heterocycles. The van der Waals surface area contributed by atoms with Gasteiger partial charge in [-0.25, -0.2) is 4.98 Å². The molecule has 0 unspecified atom stereocenters. The van der Waals surface area contributed by atoms with E-state index in [2.05, 4.69) is 4.98 Å². The number of ether oxygens (including phenoxy) is 2. The van der Waals surface area contributed by atoms with E-state index in [1.54, 1.807) is 25.6 Å². The van der Waals surface area contributed by atoms with Crippen LogP contribution in [0.3, 0.4) is 0 Å². The smallest absolute Gasteiger partial charge is 0.123 e. The number of methoxy groups -OCH3 is 2. The molecule has 0 saturated carbocycles. The molecule has 0 N–H and O–H groups in total. The first-order chi connectivity index (χ1) is 7.83. The van der Waals surface area contributed by atoms with Crippen LogP contribution in [0.25, 0.3) is 10.6 Å². The molecule has 0 bridgehead atoms. The first kappa shape index (κ1) is 11.1. The Morgan fingerprint density at radius 1 is 1.19 bits per heavy atom. The summed E-state index contributed by atoms with van der Waals surface area (Å²) in [7, 11) is 3.33. The largest absolute Gasteiger partial charge is 0.497 e. The van der Waals surface area contributed by atoms with Crippen LogP contribution in [0.2, 0.25) is 0 Å². The number of hydrogen-bond donors (Lipinski definition) is 0. The first-order valence-corrected chi connectivity index (χ1v) is 5.79. The monoisotopic (exact) mass is 235 g/mol. The maximum atomic E-state index is 5.11. The van der Waals surface area contributed by atoms with Crippen LogP contribution in [-0.2, 0) is 11.3 Å². The summed E-state index contributed by atoms with van der Waals surface area (Å²) >= 11 is 1.62. The van der Waals surface area contributed by atoms with E-state index in [1.165, 1.54) is 0 Å². The highest BCUT2D eigenvalue weighted by molar-refractivity contribution is 7.13. The zero-order valence-electron chi connectivity index (χ0n) is 9.27. The van der Waals surface area contributed by atoms with Crippen LogP contribution in [0, 0.1) is 0 Å². The quantitative estimate of drug-likeness (QED) is 0.816. The van der Waals surface area contributed by atoms with Crippen molar-refractivity contribution in [3.05, 3.63) is 35.3 Å². The summed E-state index contributed by atoms with van der Waals surface area (Å²) in [6, 6.07) is 7.89. The predicted octanol–water partition coefficient (Wildman–Crippen LogP) is 2.97. The minimum Gasteiger partial charge on any atom is -0.497 e. The second kappa shape index (κ2) is 5.09. The summed E-state index contributed by atoms with van der Waals surface area (Å²) in [4.78, 5) is 4.48. The zero-order valence-corrected chi connectivity index (χ0v) is 10.1. The Balaban J connectivity index is 2.21. The fraction of sp³-hybridized carbons (Fsp3) is 0.250. The average Bonchev–Trinajstić information content (AvgIpc) is 2.78. The van der Waals surface area contributed by atoms with Crippen molar-refractivity contribution >= 4 is 11.3 Å². The zero-order chi connectivity index (χ0) is 11.4. The number of benzene rings is 1. The lowest BCUT2D eigenvalue weighted by molar-refractivity contribution is 0.182. The van der Waals surface area contributed by atoms with Gasteiger partial charge in [-0.3, -0.25) is 0 Å². The Bertz CT molecular complexity index is 450. The number of rotatable bonds is 4. The molecule has 2 rings (SSSR count). The predicted molar refractivity (Wildman–Crippen MR) is 64.8 cm³/mol. The molecule has 2 aromatic rings. The van der Waals surface area contributed by atoms with Gasteiger partial charge in [0.25, 0.3) is 0 Å². The number of aromatic nitrogens is 1. The molecule has 0 aliphatic heterocycles. The summed E-state index contributed by atoms with van der Waals surface area (Å²) in [5.41, 5.74) is 2.08. The molecule has 0 atom stereocenters. The van der Waals surface area contributed by atoms with Gasteiger partial charge in [0.1, 0.15) is 10.8 Å². The molecule has 0 spiro atoms. The first-order valence-electron chi connectivity index (χ1n) is 4.91. The van der Waals surface area contributed by atoms with Gasteiger partial charge in [0, 0.05) is 18.1 Å². The van der Waals surface area contributed by atoms with E-state index in [-0.39, 0.29) is 0 Å². The van der Waals surface area contributed by atoms with E-state index in [0.717, 1.165) is 22.0 Å². The lowest BCUT2D eigenvalue weighted by Crippen LogP contribution is -1.87. The topological polar surface area (TPSA) is 31.4 Å². The molecule has 0 fully saturated rings. The van der Waals surface area contributed by atoms with Crippen LogP contribution in [0.1, 0.15) is 5.69 Å². The highest BCUT2D eigenvalue weighted by Gasteiger charge is 2.04. The van der Waals surface area contributed by atoms with Crippen molar-refractivity contribution in [3.63, 3.8) is 0 Å². The van der Waals surface area contributed by atoms with Crippen LogP contribution in [0.5, 0.6) is 5.75 Å². The Hall–Kier alpha value is -1.39. The fourth-order valence-electron chi connectivity index (χ4n) is 1.39. The summed E-state index contributed by atoms with van der Waals surface area (Å²) in [6.07, 6.45) is 0. The Morgan fingerprint density at radius 2 is 1.94 bits per heavy atom. The summed E-state index contributed by atoms with van der Waals surface area (Å²) in [5, 5.41) is 3.03. The molecule has 1 heterocycles. The minimum absolute atomic E-state index is 0.562. The highest BCUT2D eigenvalue weighted by atomic mass is 32.1. The summed E-state index contributed by atoms with van der Waals surface area (Å²) in [5.74, 6) is 0.859. The standard InChI is InChI=1S/C12H13NO2S/c1-14-7-10-8-16-12(13-10)9-3-5-11(15-2)6-4-9/h3-6,8H,7H2,1-2H3. The molecular formula is C12H13NO2S. The molecule has 0 saturated heterocycles. The van der Waals surface area contributed by atoms with E-state index in [1.807, 2.05) is 29.6 Å². The van der Waals surface area contributed by atoms with Gasteiger partial charge >= 0.3 is 0 Å². The minimum atomic E-state index is 0.562. The Kier molecular flexibility index (Phi) is 3.54. The molecule has 16 heavy (non-hydrogen) atoms. The normalized spacial score (nSPS) is 10.4. The molecule has 84 valence electrons. The van der Waals surface area contributed by atoms with Gasteiger partial charge in [-0.1, -0.05) is 0 Å². The summed E-state index contributed by atoms with van der Waals surface area (Å²) in [6.45, 7) is 0.562. The Labute approximate surface area is 98.7 Å². The maximum Gasteiger partial charge on any atom is 0.123 e. The SMILES string of the molecule is COCc1csc(-c2ccc(OC)cc2)n1. The van der Waals surface area contributed by atoms with E-state index < -0.39 is 0 Å². The lowest BCUT2D eigenvalue weighted by Gasteiger charge is -2.00. The molecule has 0 radical (unpaired) electrons. The van der Waals surface area contributed by atoms with Crippen molar-refractivity contribution in [1.82, 2.24) is 4.98 Å². The molecule has 1 aromatic carbocycles. The van der Waals surface area contributed by atoms with Crippen molar-refractivity contribution in [2.45, 2.75) is 6.61 Å². The van der Waals surface area contributed by atoms with Gasteiger partial charge in [-0.15, -0.1) is 11.3 Å². The lowest BCUT2D eigenvalue weighted by atomic mass is 10.2. The van der Waals surface area contributed by atoms with Gasteiger partial charge < -0.3 is 9.47 Å². The van der Waals surface area contributed by atoms with Gasteiger partial charge in [0.05, 0.1) is 19.4 Å². The second-order valence-corrected chi connectivity index (χ2v) is 4.16. The van der Waals surface area contributed by atoms with E-state index in [9.17, 15) is 0 Å². The van der Waals surface area contributed by atoms with Crippen LogP contribution in [0.4, 0.5) is 0 Å². The van der Waals surface area contributed by atoms with Gasteiger partial charge in [0.2, 0.25) is 0 Å². The third-order valence-electron chi connectivity index (χ3n) is 2.18. The van der Waals surface area contributed by atoms with Gasteiger partial charge in [-0.05, 0) is 24.3 Å². The molecule has 0 amide bonds. The maximum absolute atomic E-state index is 5.11. The molecule has 3 nitrogen and oxygen atoms in total. The highest BCUT2D eigenvalue weighted by Crippen LogP contribution is 2.25. The van der Waals surface area contributed by atoms with Crippen molar-refractivity contribution in [2.24, 2.45) is 0 Å². The third kappa shape index (κ3) is 2.40. The van der Waals surface area contributed by atoms with Crippen LogP contribution >= 0.6 is 11.3 Å². The van der Waals surface area contributed by atoms with E-state index in [4.69, 9.17) is 9.47 Å². The van der Waals surface area contributed by atoms with E-state index >= 15 is 0 Å². The fourth-order valence-corrected chi connectivity index (χ4v) is 2.20. The number of hydrogen-bond acceptors (Lipinski definition) is 4. The van der Waals surface area contributed by atoms with Crippen molar-refractivity contribution in [2.75, 3.05) is 14.2 Å². The summed E-state index contributed by atoms with van der Waals surface area (Å²) < 4.78 is 10.1. The molecule has 0 aliphatic rings. The average molecular weight is 235 g/mol. The molecule has 0 aliphatic carbocycles. The Morgan fingerprint density at radius 3 is 2.56 bits per heavy atom. The van der Waals surface area contributed by atoms with Crippen LogP contribution in [0.15, 0.2) is 29.6 Å². The van der Waals surface area contributed by atoms with Crippen LogP contribution in [-0.4, -0.2) is 19.2 Å². The van der Waals surface area contributed by atoms with Crippen molar-refractivity contribution in [1.29, 1.82) is 0 Å². The van der Waals surface area contributed by atoms with Crippen LogP contribution < -0.4 is 4.74 Å². The number of nitrogens with zero attached hydrogens (tertiary/aromatic N) is 1. The molecule has 4 heteroatoms. The van der Waals surface area contributed by atoms with E-state index in [0.29, 0.717) is 6.61 Å². The number of thiazole rings is 1. The van der Waals surface area contributed by atoms with Crippen molar-refractivity contribution < 1.29 is 9.47 Å². The third-order valence-corrected chi connectivity index (χ3v) is 3.12. The van der Waals surface area contributed by atoms with Crippen molar-refractivity contribution in [3.8, 4) is 16.3 Å². The van der Waals surface area contributed by atoms with Gasteiger partial charge in [-0.2, -0.15) is 0 Å².